The number of ether oxygens (including phenoxy) is 1. The lowest BCUT2D eigenvalue weighted by molar-refractivity contribution is -0.113. The smallest absolute Gasteiger partial charge is 0.234 e. The Morgan fingerprint density at radius 2 is 1.90 bits per heavy atom. The summed E-state index contributed by atoms with van der Waals surface area (Å²) in [5.41, 5.74) is 1.52. The lowest BCUT2D eigenvalue weighted by atomic mass is 10.2. The molecule has 164 valence electrons. The van der Waals surface area contributed by atoms with Gasteiger partial charge >= 0.3 is 0 Å². The lowest BCUT2D eigenvalue weighted by Gasteiger charge is -2.08. The Morgan fingerprint density at radius 3 is 2.55 bits per heavy atom. The third kappa shape index (κ3) is 5.78. The zero-order chi connectivity index (χ0) is 22.6. The summed E-state index contributed by atoms with van der Waals surface area (Å²) in [6.45, 7) is 1.89. The van der Waals surface area contributed by atoms with Crippen molar-refractivity contribution in [2.45, 2.75) is 22.7 Å². The van der Waals surface area contributed by atoms with Gasteiger partial charge in [-0.3, -0.25) is 4.79 Å². The van der Waals surface area contributed by atoms with Crippen LogP contribution >= 0.6 is 23.4 Å². The van der Waals surface area contributed by atoms with E-state index in [9.17, 15) is 13.2 Å². The van der Waals surface area contributed by atoms with Crippen LogP contribution in [0.2, 0.25) is 5.02 Å². The molecule has 0 fully saturated rings. The largest absolute Gasteiger partial charge is 0.495 e. The molecular weight excluding hydrogens is 460 g/mol. The van der Waals surface area contributed by atoms with E-state index in [4.69, 9.17) is 16.3 Å². The molecule has 0 aliphatic heterocycles. The number of nitrogens with zero attached hydrogens (tertiary/aromatic N) is 3. The van der Waals surface area contributed by atoms with Gasteiger partial charge in [0.25, 0.3) is 0 Å². The number of hydrogen-bond acceptors (Lipinski definition) is 7. The second-order valence-corrected chi connectivity index (χ2v) is 10.1. The second-order valence-electron chi connectivity index (χ2n) is 6.72. The molecule has 1 amide bonds. The number of methoxy groups -OCH3 is 1. The summed E-state index contributed by atoms with van der Waals surface area (Å²) >= 11 is 7.22. The van der Waals surface area contributed by atoms with Gasteiger partial charge in [0.05, 0.1) is 22.8 Å². The van der Waals surface area contributed by atoms with Crippen LogP contribution in [0.25, 0.3) is 0 Å². The minimum atomic E-state index is -3.56. The molecule has 0 radical (unpaired) electrons. The van der Waals surface area contributed by atoms with E-state index in [2.05, 4.69) is 15.5 Å². The lowest BCUT2D eigenvalue weighted by Crippen LogP contribution is -2.14. The first-order chi connectivity index (χ1) is 14.7. The fraction of sp³-hybridized carbons (Fsp3) is 0.250. The highest BCUT2D eigenvalue weighted by atomic mass is 35.5. The number of carbonyl (C=O) groups is 1. The van der Waals surface area contributed by atoms with Gasteiger partial charge in [0, 0.05) is 12.7 Å². The SMILES string of the molecule is COc1ccc(NC(=O)CSc2nnc(CS(=O)(=O)c3ccc(C)cc3)n2C)cc1Cl. The first-order valence-electron chi connectivity index (χ1n) is 9.13. The Kier molecular flexibility index (Phi) is 7.24. The number of halogens is 1. The molecule has 1 N–H and O–H groups in total. The molecule has 3 rings (SSSR count). The number of benzene rings is 2. The Balaban J connectivity index is 1.62. The van der Waals surface area contributed by atoms with Gasteiger partial charge in [-0.25, -0.2) is 8.42 Å². The Bertz CT molecular complexity index is 1190. The Labute approximate surface area is 189 Å². The van der Waals surface area contributed by atoms with E-state index in [-0.39, 0.29) is 22.3 Å². The third-order valence-electron chi connectivity index (χ3n) is 4.39. The van der Waals surface area contributed by atoms with Gasteiger partial charge in [0.2, 0.25) is 5.91 Å². The van der Waals surface area contributed by atoms with Crippen molar-refractivity contribution < 1.29 is 17.9 Å². The normalized spacial score (nSPS) is 11.4. The molecule has 1 aromatic heterocycles. The molecule has 0 bridgehead atoms. The number of anilines is 1. The van der Waals surface area contributed by atoms with E-state index in [0.29, 0.717) is 27.4 Å². The highest BCUT2D eigenvalue weighted by molar-refractivity contribution is 7.99. The molecular formula is C20H21ClN4O4S2. The average Bonchev–Trinajstić information content (AvgIpc) is 3.06. The van der Waals surface area contributed by atoms with Crippen molar-refractivity contribution in [1.29, 1.82) is 0 Å². The van der Waals surface area contributed by atoms with Crippen molar-refractivity contribution in [2.75, 3.05) is 18.2 Å². The maximum absolute atomic E-state index is 12.6. The topological polar surface area (TPSA) is 103 Å². The molecule has 31 heavy (non-hydrogen) atoms. The number of nitrogens with one attached hydrogen (secondary N) is 1. The van der Waals surface area contributed by atoms with E-state index in [1.807, 2.05) is 6.92 Å². The molecule has 3 aromatic rings. The number of amides is 1. The van der Waals surface area contributed by atoms with Gasteiger partial charge in [0.1, 0.15) is 17.3 Å². The quantitative estimate of drug-likeness (QED) is 0.492. The highest BCUT2D eigenvalue weighted by Gasteiger charge is 2.20. The van der Waals surface area contributed by atoms with Crippen LogP contribution in [0.5, 0.6) is 5.75 Å². The Morgan fingerprint density at radius 1 is 1.19 bits per heavy atom. The van der Waals surface area contributed by atoms with Crippen molar-refractivity contribution in [3.05, 3.63) is 58.9 Å². The molecule has 11 heteroatoms. The predicted octanol–water partition coefficient (Wildman–Crippen LogP) is 3.49. The van der Waals surface area contributed by atoms with Gasteiger partial charge in [-0.1, -0.05) is 41.1 Å². The van der Waals surface area contributed by atoms with Gasteiger partial charge in [-0.15, -0.1) is 10.2 Å². The fourth-order valence-electron chi connectivity index (χ4n) is 2.67. The monoisotopic (exact) mass is 480 g/mol. The molecule has 0 spiro atoms. The van der Waals surface area contributed by atoms with Gasteiger partial charge < -0.3 is 14.6 Å². The van der Waals surface area contributed by atoms with Gasteiger partial charge in [0.15, 0.2) is 15.0 Å². The molecule has 0 aliphatic carbocycles. The van der Waals surface area contributed by atoms with E-state index >= 15 is 0 Å². The summed E-state index contributed by atoms with van der Waals surface area (Å²) in [4.78, 5) is 12.5. The van der Waals surface area contributed by atoms with Crippen molar-refractivity contribution in [3.63, 3.8) is 0 Å². The standard InChI is InChI=1S/C20H21ClN4O4S2/c1-13-4-7-15(8-5-13)31(27,28)12-18-23-24-20(25(18)2)30-11-19(26)22-14-6-9-17(29-3)16(21)10-14/h4-10H,11-12H2,1-3H3,(H,22,26). The molecule has 0 aliphatic rings. The third-order valence-corrected chi connectivity index (χ3v) is 7.34. The van der Waals surface area contributed by atoms with Gasteiger partial charge in [-0.2, -0.15) is 0 Å². The Hall–Kier alpha value is -2.56. The summed E-state index contributed by atoms with van der Waals surface area (Å²) in [5, 5.41) is 11.6. The number of rotatable bonds is 8. The maximum Gasteiger partial charge on any atom is 0.234 e. The van der Waals surface area contributed by atoms with Crippen LogP contribution in [-0.2, 0) is 27.4 Å². The second kappa shape index (κ2) is 9.71. The summed E-state index contributed by atoms with van der Waals surface area (Å²) in [7, 11) is -0.374. The summed E-state index contributed by atoms with van der Waals surface area (Å²) in [5.74, 6) is 0.339. The number of thioether (sulfide) groups is 1. The number of sulfone groups is 1. The number of carbonyl (C=O) groups excluding carboxylic acids is 1. The van der Waals surface area contributed by atoms with Crippen LogP contribution in [-0.4, -0.2) is 42.0 Å². The minimum absolute atomic E-state index is 0.0698. The molecule has 0 atom stereocenters. The van der Waals surface area contributed by atoms with Crippen molar-refractivity contribution in [1.82, 2.24) is 14.8 Å². The van der Waals surface area contributed by atoms with Crippen LogP contribution in [0.1, 0.15) is 11.4 Å². The van der Waals surface area contributed by atoms with E-state index in [1.165, 1.54) is 7.11 Å². The number of aromatic nitrogens is 3. The summed E-state index contributed by atoms with van der Waals surface area (Å²) in [6, 6.07) is 11.6. The number of hydrogen-bond donors (Lipinski definition) is 1. The molecule has 1 heterocycles. The summed E-state index contributed by atoms with van der Waals surface area (Å²) < 4.78 is 32.0. The van der Waals surface area contributed by atoms with Crippen molar-refractivity contribution in [2.24, 2.45) is 7.05 Å². The van der Waals surface area contributed by atoms with E-state index in [0.717, 1.165) is 17.3 Å². The highest BCUT2D eigenvalue weighted by Crippen LogP contribution is 2.27. The first-order valence-corrected chi connectivity index (χ1v) is 12.1. The van der Waals surface area contributed by atoms with Crippen molar-refractivity contribution >= 4 is 44.8 Å². The maximum atomic E-state index is 12.6. The molecule has 0 saturated heterocycles. The molecule has 0 saturated carbocycles. The van der Waals surface area contributed by atoms with Crippen LogP contribution in [0.15, 0.2) is 52.5 Å². The van der Waals surface area contributed by atoms with Crippen molar-refractivity contribution in [3.8, 4) is 5.75 Å². The zero-order valence-electron chi connectivity index (χ0n) is 17.1. The number of aryl methyl sites for hydroxylation is 1. The minimum Gasteiger partial charge on any atom is -0.495 e. The molecule has 8 nitrogen and oxygen atoms in total. The molecule has 2 aromatic carbocycles. The first kappa shape index (κ1) is 23.1. The average molecular weight is 481 g/mol. The predicted molar refractivity (Wildman–Crippen MR) is 120 cm³/mol. The van der Waals surface area contributed by atoms with Crippen LogP contribution in [0.3, 0.4) is 0 Å². The van der Waals surface area contributed by atoms with Crippen LogP contribution < -0.4 is 10.1 Å². The van der Waals surface area contributed by atoms with E-state index < -0.39 is 9.84 Å². The fourth-order valence-corrected chi connectivity index (χ4v) is 4.96. The molecule has 0 unspecified atom stereocenters. The van der Waals surface area contributed by atoms with E-state index in [1.54, 1.807) is 54.1 Å². The van der Waals surface area contributed by atoms with Crippen LogP contribution in [0, 0.1) is 6.92 Å². The van der Waals surface area contributed by atoms with Gasteiger partial charge in [-0.05, 0) is 37.3 Å². The summed E-state index contributed by atoms with van der Waals surface area (Å²) in [6.07, 6.45) is 0. The van der Waals surface area contributed by atoms with Crippen LogP contribution in [0.4, 0.5) is 5.69 Å². The zero-order valence-corrected chi connectivity index (χ0v) is 19.5.